The number of hydrogen-bond donors (Lipinski definition) is 2. The zero-order chi connectivity index (χ0) is 13.4. The molecule has 0 aliphatic rings. The van der Waals surface area contributed by atoms with Crippen LogP contribution in [0.25, 0.3) is 0 Å². The van der Waals surface area contributed by atoms with Crippen molar-refractivity contribution in [2.24, 2.45) is 5.92 Å². The van der Waals surface area contributed by atoms with E-state index < -0.39 is 6.03 Å². The fraction of sp³-hybridized carbons (Fsp3) is 0.429. The third kappa shape index (κ3) is 6.03. The molecule has 0 saturated carbocycles. The fourth-order valence-electron chi connectivity index (χ4n) is 1.56. The molecule has 0 bridgehead atoms. The molecule has 3 amide bonds. The monoisotopic (exact) mass is 248 g/mol. The molecule has 98 valence electrons. The lowest BCUT2D eigenvalue weighted by atomic mass is 10.1. The predicted molar refractivity (Wildman–Crippen MR) is 71.1 cm³/mol. The summed E-state index contributed by atoms with van der Waals surface area (Å²) in [5, 5.41) is 4.97. The van der Waals surface area contributed by atoms with Crippen LogP contribution in [0.2, 0.25) is 0 Å². The third-order valence-electron chi connectivity index (χ3n) is 2.39. The molecular weight excluding hydrogens is 228 g/mol. The maximum Gasteiger partial charge on any atom is 0.321 e. The Labute approximate surface area is 108 Å². The van der Waals surface area contributed by atoms with E-state index in [0.29, 0.717) is 13.0 Å². The highest BCUT2D eigenvalue weighted by molar-refractivity contribution is 5.94. The van der Waals surface area contributed by atoms with Gasteiger partial charge in [0.05, 0.1) is 0 Å². The van der Waals surface area contributed by atoms with Crippen molar-refractivity contribution in [3.63, 3.8) is 0 Å². The lowest BCUT2D eigenvalue weighted by Crippen LogP contribution is -2.40. The number of urea groups is 1. The second kappa shape index (κ2) is 7.48. The highest BCUT2D eigenvalue weighted by Crippen LogP contribution is 1.99. The van der Waals surface area contributed by atoms with Crippen LogP contribution >= 0.6 is 0 Å². The van der Waals surface area contributed by atoms with E-state index in [9.17, 15) is 9.59 Å². The number of carbonyl (C=O) groups excluding carboxylic acids is 2. The molecule has 0 aliphatic heterocycles. The fourth-order valence-corrected chi connectivity index (χ4v) is 1.56. The summed E-state index contributed by atoms with van der Waals surface area (Å²) in [5.41, 5.74) is 1.16. The quantitative estimate of drug-likeness (QED) is 0.838. The largest absolute Gasteiger partial charge is 0.337 e. The number of imide groups is 1. The average Bonchev–Trinajstić information content (AvgIpc) is 2.29. The van der Waals surface area contributed by atoms with E-state index >= 15 is 0 Å². The minimum Gasteiger partial charge on any atom is -0.337 e. The van der Waals surface area contributed by atoms with Gasteiger partial charge in [0.15, 0.2) is 0 Å². The van der Waals surface area contributed by atoms with Gasteiger partial charge in [0.2, 0.25) is 5.91 Å². The first kappa shape index (κ1) is 14.2. The number of nitrogens with one attached hydrogen (secondary N) is 2. The van der Waals surface area contributed by atoms with Crippen LogP contribution in [-0.4, -0.2) is 18.5 Å². The number of amides is 3. The van der Waals surface area contributed by atoms with Gasteiger partial charge < -0.3 is 5.32 Å². The van der Waals surface area contributed by atoms with Crippen LogP contribution in [0.5, 0.6) is 0 Å². The van der Waals surface area contributed by atoms with Gasteiger partial charge in [-0.1, -0.05) is 44.2 Å². The van der Waals surface area contributed by atoms with Crippen molar-refractivity contribution in [2.45, 2.75) is 26.7 Å². The summed E-state index contributed by atoms with van der Waals surface area (Å²) >= 11 is 0. The lowest BCUT2D eigenvalue weighted by molar-refractivity contribution is -0.120. The zero-order valence-electron chi connectivity index (χ0n) is 10.9. The van der Waals surface area contributed by atoms with Gasteiger partial charge in [-0.15, -0.1) is 0 Å². The molecule has 0 unspecified atom stereocenters. The van der Waals surface area contributed by atoms with Gasteiger partial charge in [0, 0.05) is 13.0 Å². The number of rotatable bonds is 5. The molecule has 2 N–H and O–H groups in total. The van der Waals surface area contributed by atoms with Gasteiger partial charge in [-0.25, -0.2) is 4.79 Å². The van der Waals surface area contributed by atoms with Crippen molar-refractivity contribution in [1.29, 1.82) is 0 Å². The first-order valence-electron chi connectivity index (χ1n) is 6.19. The molecule has 18 heavy (non-hydrogen) atoms. The normalized spacial score (nSPS) is 10.2. The highest BCUT2D eigenvalue weighted by Gasteiger charge is 2.08. The molecule has 0 fully saturated rings. The van der Waals surface area contributed by atoms with Crippen molar-refractivity contribution < 1.29 is 9.59 Å². The van der Waals surface area contributed by atoms with Crippen LogP contribution < -0.4 is 10.6 Å². The second-order valence-corrected chi connectivity index (χ2v) is 4.64. The van der Waals surface area contributed by atoms with E-state index in [1.165, 1.54) is 0 Å². The molecule has 1 aromatic rings. The molecule has 0 saturated heterocycles. The molecule has 1 aromatic carbocycles. The van der Waals surface area contributed by atoms with Gasteiger partial charge in [-0.3, -0.25) is 10.1 Å². The molecule has 0 aromatic heterocycles. The number of carbonyl (C=O) groups is 2. The Morgan fingerprint density at radius 3 is 2.44 bits per heavy atom. The summed E-state index contributed by atoms with van der Waals surface area (Å²) in [4.78, 5) is 22.7. The molecule has 0 radical (unpaired) electrons. The molecule has 0 heterocycles. The summed E-state index contributed by atoms with van der Waals surface area (Å²) in [6.07, 6.45) is 1.12. The maximum atomic E-state index is 11.4. The molecule has 4 nitrogen and oxygen atoms in total. The first-order valence-corrected chi connectivity index (χ1v) is 6.19. The Hall–Kier alpha value is -1.84. The van der Waals surface area contributed by atoms with Gasteiger partial charge in [0.1, 0.15) is 0 Å². The number of benzene rings is 1. The van der Waals surface area contributed by atoms with E-state index in [-0.39, 0.29) is 11.8 Å². The minimum atomic E-state index is -0.420. The SMILES string of the molecule is CC(C)CC(=O)NC(=O)NCCc1ccccc1. The van der Waals surface area contributed by atoms with E-state index in [2.05, 4.69) is 10.6 Å². The van der Waals surface area contributed by atoms with Gasteiger partial charge in [0.25, 0.3) is 0 Å². The molecule has 0 aliphatic carbocycles. The van der Waals surface area contributed by atoms with Crippen LogP contribution in [0.3, 0.4) is 0 Å². The van der Waals surface area contributed by atoms with Crippen molar-refractivity contribution in [1.82, 2.24) is 10.6 Å². The molecule has 1 rings (SSSR count). The Balaban J connectivity index is 2.19. The van der Waals surface area contributed by atoms with E-state index in [0.717, 1.165) is 12.0 Å². The van der Waals surface area contributed by atoms with Crippen LogP contribution in [-0.2, 0) is 11.2 Å². The van der Waals surface area contributed by atoms with Crippen LogP contribution in [0.4, 0.5) is 4.79 Å². The Kier molecular flexibility index (Phi) is 5.91. The van der Waals surface area contributed by atoms with Gasteiger partial charge in [-0.2, -0.15) is 0 Å². The number of hydrogen-bond acceptors (Lipinski definition) is 2. The second-order valence-electron chi connectivity index (χ2n) is 4.64. The van der Waals surface area contributed by atoms with Crippen LogP contribution in [0.15, 0.2) is 30.3 Å². The van der Waals surface area contributed by atoms with E-state index in [1.807, 2.05) is 44.2 Å². The van der Waals surface area contributed by atoms with Crippen molar-refractivity contribution in [2.75, 3.05) is 6.54 Å². The highest BCUT2D eigenvalue weighted by atomic mass is 16.2. The van der Waals surface area contributed by atoms with Gasteiger partial charge >= 0.3 is 6.03 Å². The zero-order valence-corrected chi connectivity index (χ0v) is 10.9. The predicted octanol–water partition coefficient (Wildman–Crippen LogP) is 2.10. The lowest BCUT2D eigenvalue weighted by Gasteiger charge is -2.08. The standard InChI is InChI=1S/C14H20N2O2/c1-11(2)10-13(17)16-14(18)15-9-8-12-6-4-3-5-7-12/h3-7,11H,8-10H2,1-2H3,(H2,15,16,17,18). The maximum absolute atomic E-state index is 11.4. The van der Waals surface area contributed by atoms with E-state index in [4.69, 9.17) is 0 Å². The molecule has 4 heteroatoms. The van der Waals surface area contributed by atoms with Gasteiger partial charge in [-0.05, 0) is 17.9 Å². The minimum absolute atomic E-state index is 0.234. The Bertz CT molecular complexity index is 388. The molecular formula is C14H20N2O2. The summed E-state index contributed by atoms with van der Waals surface area (Å²) in [6.45, 7) is 4.39. The topological polar surface area (TPSA) is 58.2 Å². The Morgan fingerprint density at radius 2 is 1.83 bits per heavy atom. The summed E-state index contributed by atoms with van der Waals surface area (Å²) in [7, 11) is 0. The molecule has 0 atom stereocenters. The van der Waals surface area contributed by atoms with E-state index in [1.54, 1.807) is 0 Å². The summed E-state index contributed by atoms with van der Waals surface area (Å²) < 4.78 is 0. The molecule has 0 spiro atoms. The van der Waals surface area contributed by atoms with Crippen LogP contribution in [0, 0.1) is 5.92 Å². The first-order chi connectivity index (χ1) is 8.58. The third-order valence-corrected chi connectivity index (χ3v) is 2.39. The Morgan fingerprint density at radius 1 is 1.17 bits per heavy atom. The van der Waals surface area contributed by atoms with Crippen molar-refractivity contribution in [3.8, 4) is 0 Å². The smallest absolute Gasteiger partial charge is 0.321 e. The van der Waals surface area contributed by atoms with Crippen molar-refractivity contribution >= 4 is 11.9 Å². The summed E-state index contributed by atoms with van der Waals surface area (Å²) in [6, 6.07) is 9.46. The van der Waals surface area contributed by atoms with Crippen molar-refractivity contribution in [3.05, 3.63) is 35.9 Å². The average molecular weight is 248 g/mol. The summed E-state index contributed by atoms with van der Waals surface area (Å²) in [5.74, 6) is 0.0179. The van der Waals surface area contributed by atoms with Crippen LogP contribution in [0.1, 0.15) is 25.8 Å².